The van der Waals surface area contributed by atoms with Gasteiger partial charge in [-0.2, -0.15) is 5.26 Å². The van der Waals surface area contributed by atoms with Gasteiger partial charge in [0, 0.05) is 55.7 Å². The summed E-state index contributed by atoms with van der Waals surface area (Å²) in [5, 5.41) is 17.2. The van der Waals surface area contributed by atoms with Gasteiger partial charge in [-0.1, -0.05) is 23.7 Å². The van der Waals surface area contributed by atoms with Crippen LogP contribution in [0.2, 0.25) is 5.02 Å². The molecule has 1 fully saturated rings. The van der Waals surface area contributed by atoms with E-state index < -0.39 is 0 Å². The highest BCUT2D eigenvalue weighted by atomic mass is 35.5. The quantitative estimate of drug-likeness (QED) is 0.131. The lowest BCUT2D eigenvalue weighted by Crippen LogP contribution is -2.30. The number of carbonyl (C=O) groups is 1. The van der Waals surface area contributed by atoms with Crippen molar-refractivity contribution >= 4 is 45.5 Å². The fourth-order valence-corrected chi connectivity index (χ4v) is 4.96. The van der Waals surface area contributed by atoms with Gasteiger partial charge in [-0.25, -0.2) is 0 Å². The van der Waals surface area contributed by atoms with Crippen molar-refractivity contribution in [3.63, 3.8) is 0 Å². The molecule has 2 aromatic heterocycles. The van der Waals surface area contributed by atoms with Gasteiger partial charge in [-0.05, 0) is 50.4 Å². The number of methoxy groups -OCH3 is 1. The molecular formula is C34H35ClN6O5. The molecule has 11 nitrogen and oxygen atoms in total. The Morgan fingerprint density at radius 3 is 2.83 bits per heavy atom. The van der Waals surface area contributed by atoms with Crippen LogP contribution in [0.4, 0.5) is 17.1 Å². The van der Waals surface area contributed by atoms with Gasteiger partial charge in [0.1, 0.15) is 36.5 Å². The van der Waals surface area contributed by atoms with Crippen molar-refractivity contribution < 1.29 is 23.7 Å². The van der Waals surface area contributed by atoms with Gasteiger partial charge in [-0.3, -0.25) is 19.7 Å². The molecule has 1 aliphatic rings. The number of hydrogen-bond donors (Lipinski definition) is 2. The Kier molecular flexibility index (Phi) is 11.0. The Balaban J connectivity index is 1.43. The van der Waals surface area contributed by atoms with Gasteiger partial charge in [0.25, 0.3) is 0 Å². The molecule has 1 aliphatic heterocycles. The summed E-state index contributed by atoms with van der Waals surface area (Å²) in [6.45, 7) is 3.76. The number of nitrogens with zero attached hydrogens (tertiary/aromatic N) is 4. The molecule has 0 bridgehead atoms. The number of likely N-dealkylation sites (N-methyl/N-ethyl adjacent to an activating group) is 1. The number of rotatable bonds is 13. The third-order valence-electron chi connectivity index (χ3n) is 7.46. The van der Waals surface area contributed by atoms with Gasteiger partial charge in [-0.15, -0.1) is 0 Å². The SMILES string of the molecule is CO[C@@H](C)N(C)CC=CC(=O)Nc1cc2c(Nc3ccc(OCc4ccccn4)c(Cl)c3)c(C#N)cnc2cc1OC1CCOC1. The average molecular weight is 643 g/mol. The second-order valence-corrected chi connectivity index (χ2v) is 11.1. The minimum atomic E-state index is -0.336. The van der Waals surface area contributed by atoms with Crippen molar-refractivity contribution in [2.24, 2.45) is 0 Å². The Labute approximate surface area is 272 Å². The summed E-state index contributed by atoms with van der Waals surface area (Å²) in [5.74, 6) is 0.615. The van der Waals surface area contributed by atoms with Gasteiger partial charge in [0.2, 0.25) is 5.91 Å². The average Bonchev–Trinajstić information content (AvgIpc) is 3.58. The molecule has 2 N–H and O–H groups in total. The minimum absolute atomic E-state index is 0.0974. The highest BCUT2D eigenvalue weighted by molar-refractivity contribution is 6.32. The maximum Gasteiger partial charge on any atom is 0.248 e. The molecule has 46 heavy (non-hydrogen) atoms. The van der Waals surface area contributed by atoms with E-state index in [4.69, 9.17) is 30.5 Å². The van der Waals surface area contributed by atoms with Crippen LogP contribution in [0.5, 0.6) is 11.5 Å². The first-order valence-corrected chi connectivity index (χ1v) is 15.1. The highest BCUT2D eigenvalue weighted by Crippen LogP contribution is 2.38. The van der Waals surface area contributed by atoms with Gasteiger partial charge in [0.15, 0.2) is 0 Å². The predicted octanol–water partition coefficient (Wildman–Crippen LogP) is 6.06. The maximum absolute atomic E-state index is 13.0. The van der Waals surface area contributed by atoms with E-state index in [1.54, 1.807) is 49.7 Å². The lowest BCUT2D eigenvalue weighted by atomic mass is 10.1. The van der Waals surface area contributed by atoms with E-state index in [0.717, 1.165) is 12.1 Å². The van der Waals surface area contributed by atoms with E-state index in [9.17, 15) is 10.1 Å². The van der Waals surface area contributed by atoms with Crippen LogP contribution in [-0.4, -0.2) is 67.0 Å². The number of halogens is 1. The van der Waals surface area contributed by atoms with E-state index in [1.165, 1.54) is 12.3 Å². The topological polar surface area (TPSA) is 131 Å². The first-order chi connectivity index (χ1) is 22.3. The van der Waals surface area contributed by atoms with Crippen molar-refractivity contribution in [3.05, 3.63) is 89.4 Å². The molecule has 3 heterocycles. The molecule has 0 saturated carbocycles. The van der Waals surface area contributed by atoms with Crippen LogP contribution in [0, 0.1) is 11.3 Å². The molecular weight excluding hydrogens is 608 g/mol. The van der Waals surface area contributed by atoms with Crippen LogP contribution >= 0.6 is 11.6 Å². The molecule has 1 amide bonds. The van der Waals surface area contributed by atoms with E-state index in [-0.39, 0.29) is 24.8 Å². The Hall–Kier alpha value is -4.73. The number of anilines is 3. The van der Waals surface area contributed by atoms with Crippen LogP contribution in [0.3, 0.4) is 0 Å². The van der Waals surface area contributed by atoms with Crippen molar-refractivity contribution in [1.29, 1.82) is 5.26 Å². The van der Waals surface area contributed by atoms with Gasteiger partial charge < -0.3 is 29.6 Å². The molecule has 238 valence electrons. The monoisotopic (exact) mass is 642 g/mol. The summed E-state index contributed by atoms with van der Waals surface area (Å²) in [4.78, 5) is 23.8. The molecule has 2 atom stereocenters. The summed E-state index contributed by atoms with van der Waals surface area (Å²) in [7, 11) is 3.53. The zero-order chi connectivity index (χ0) is 32.5. The van der Waals surface area contributed by atoms with Gasteiger partial charge in [0.05, 0.1) is 46.4 Å². The van der Waals surface area contributed by atoms with Crippen LogP contribution < -0.4 is 20.1 Å². The van der Waals surface area contributed by atoms with Crippen molar-refractivity contribution in [2.75, 3.05) is 44.5 Å². The summed E-state index contributed by atoms with van der Waals surface area (Å²) in [5.41, 5.74) is 3.22. The second-order valence-electron chi connectivity index (χ2n) is 10.7. The molecule has 1 saturated heterocycles. The minimum Gasteiger partial charge on any atom is -0.486 e. The third-order valence-corrected chi connectivity index (χ3v) is 7.75. The summed E-state index contributed by atoms with van der Waals surface area (Å²) < 4.78 is 22.9. The normalized spacial score (nSPS) is 15.2. The highest BCUT2D eigenvalue weighted by Gasteiger charge is 2.21. The third kappa shape index (κ3) is 8.29. The number of fused-ring (bicyclic) bond motifs is 1. The molecule has 4 aromatic rings. The van der Waals surface area contributed by atoms with Gasteiger partial charge >= 0.3 is 0 Å². The Bertz CT molecular complexity index is 1740. The van der Waals surface area contributed by atoms with Crippen LogP contribution in [-0.2, 0) is 20.9 Å². The van der Waals surface area contributed by atoms with E-state index in [1.807, 2.05) is 37.1 Å². The van der Waals surface area contributed by atoms with Crippen LogP contribution in [0.25, 0.3) is 10.9 Å². The lowest BCUT2D eigenvalue weighted by molar-refractivity contribution is -0.112. The van der Waals surface area contributed by atoms with Crippen LogP contribution in [0.15, 0.2) is 73.1 Å². The number of benzene rings is 2. The number of ether oxygens (including phenoxy) is 4. The largest absolute Gasteiger partial charge is 0.486 e. The molecule has 12 heteroatoms. The number of hydrogen-bond acceptors (Lipinski definition) is 10. The number of nitrogens with one attached hydrogen (secondary N) is 2. The number of nitriles is 1. The fourth-order valence-electron chi connectivity index (χ4n) is 4.72. The molecule has 2 aromatic carbocycles. The fraction of sp³-hybridized carbons (Fsp3) is 0.294. The molecule has 0 spiro atoms. The number of pyridine rings is 2. The van der Waals surface area contributed by atoms with E-state index in [0.29, 0.717) is 69.8 Å². The van der Waals surface area contributed by atoms with E-state index in [2.05, 4.69) is 26.7 Å². The maximum atomic E-state index is 13.0. The summed E-state index contributed by atoms with van der Waals surface area (Å²) >= 11 is 6.57. The number of amides is 1. The number of carbonyl (C=O) groups excluding carboxylic acids is 1. The van der Waals surface area contributed by atoms with Crippen molar-refractivity contribution in [2.45, 2.75) is 32.3 Å². The Morgan fingerprint density at radius 2 is 2.11 bits per heavy atom. The van der Waals surface area contributed by atoms with Crippen LogP contribution in [0.1, 0.15) is 24.6 Å². The first kappa shape index (κ1) is 32.7. The zero-order valence-electron chi connectivity index (χ0n) is 25.8. The molecule has 0 aliphatic carbocycles. The zero-order valence-corrected chi connectivity index (χ0v) is 26.6. The standard InChI is InChI=1S/C34H35ClN6O5/c1-22(43-3)41(2)13-6-8-33(42)40-30-16-27-29(17-32(30)46-26-11-14-44-21-26)38-19-23(18-36)34(27)39-24-9-10-31(28(35)15-24)45-20-25-7-4-5-12-37-25/h4-10,12,15-17,19,22,26H,11,13-14,20-21H2,1-3H3,(H,38,39)(H,40,42)/t22-,26?/m0/s1. The second kappa shape index (κ2) is 15.5. The summed E-state index contributed by atoms with van der Waals surface area (Å²) in [6, 6.07) is 16.6. The molecule has 5 rings (SSSR count). The smallest absolute Gasteiger partial charge is 0.248 e. The Morgan fingerprint density at radius 1 is 1.24 bits per heavy atom. The lowest BCUT2D eigenvalue weighted by Gasteiger charge is -2.21. The molecule has 1 unspecified atom stereocenters. The molecule has 0 radical (unpaired) electrons. The first-order valence-electron chi connectivity index (χ1n) is 14.8. The van der Waals surface area contributed by atoms with Crippen molar-refractivity contribution in [3.8, 4) is 17.6 Å². The predicted molar refractivity (Wildman–Crippen MR) is 176 cm³/mol. The summed E-state index contributed by atoms with van der Waals surface area (Å²) in [6.07, 6.45) is 6.89. The van der Waals surface area contributed by atoms with Crippen molar-refractivity contribution in [1.82, 2.24) is 14.9 Å². The van der Waals surface area contributed by atoms with E-state index >= 15 is 0 Å². The number of aromatic nitrogens is 2.